The lowest BCUT2D eigenvalue weighted by Gasteiger charge is -2.28. The molecule has 1 unspecified atom stereocenters. The van der Waals surface area contributed by atoms with Gasteiger partial charge in [0.2, 0.25) is 5.95 Å². The Balaban J connectivity index is 2.08. The molecular weight excluding hydrogens is 345 g/mol. The van der Waals surface area contributed by atoms with E-state index >= 15 is 0 Å². The lowest BCUT2D eigenvalue weighted by Crippen LogP contribution is -2.28. The van der Waals surface area contributed by atoms with Gasteiger partial charge in [0.25, 0.3) is 0 Å². The summed E-state index contributed by atoms with van der Waals surface area (Å²) >= 11 is 12.6. The molecule has 118 valence electrons. The first-order chi connectivity index (χ1) is 11.6. The molecule has 0 fully saturated rings. The van der Waals surface area contributed by atoms with Gasteiger partial charge in [0.1, 0.15) is 17.9 Å². The summed E-state index contributed by atoms with van der Waals surface area (Å²) in [7, 11) is 0. The highest BCUT2D eigenvalue weighted by Gasteiger charge is 2.32. The smallest absolute Gasteiger partial charge is 0.210 e. The maximum atomic E-state index is 9.65. The molecule has 1 aliphatic rings. The molecule has 7 heteroatoms. The van der Waals surface area contributed by atoms with Crippen LogP contribution in [0.1, 0.15) is 11.6 Å². The molecule has 24 heavy (non-hydrogen) atoms. The van der Waals surface area contributed by atoms with Crippen LogP contribution >= 0.6 is 23.2 Å². The summed E-state index contributed by atoms with van der Waals surface area (Å²) in [6, 6.07) is 14.7. The third kappa shape index (κ3) is 2.04. The third-order valence-electron chi connectivity index (χ3n) is 4.06. The van der Waals surface area contributed by atoms with Crippen LogP contribution in [-0.2, 0) is 0 Å². The Bertz CT molecular complexity index is 1040. The van der Waals surface area contributed by atoms with Crippen LogP contribution in [0.4, 0.5) is 5.95 Å². The largest absolute Gasteiger partial charge is 0.384 e. The molecule has 0 saturated heterocycles. The monoisotopic (exact) mass is 355 g/mol. The van der Waals surface area contributed by atoms with E-state index in [0.29, 0.717) is 27.1 Å². The van der Waals surface area contributed by atoms with Gasteiger partial charge in [-0.3, -0.25) is 4.57 Å². The van der Waals surface area contributed by atoms with Gasteiger partial charge in [0, 0.05) is 5.56 Å². The van der Waals surface area contributed by atoms with Crippen LogP contribution in [0.5, 0.6) is 0 Å². The lowest BCUT2D eigenvalue weighted by atomic mass is 9.97. The van der Waals surface area contributed by atoms with Crippen molar-refractivity contribution in [1.82, 2.24) is 9.55 Å². The molecule has 3 N–H and O–H groups in total. The van der Waals surface area contributed by atoms with Crippen molar-refractivity contribution in [2.45, 2.75) is 6.04 Å². The van der Waals surface area contributed by atoms with Gasteiger partial charge in [-0.1, -0.05) is 47.5 Å². The van der Waals surface area contributed by atoms with Gasteiger partial charge >= 0.3 is 0 Å². The topological polar surface area (TPSA) is 79.7 Å². The fourth-order valence-electron chi connectivity index (χ4n) is 3.01. The van der Waals surface area contributed by atoms with Crippen molar-refractivity contribution in [2.24, 2.45) is 5.73 Å². The SMILES string of the molecule is N#CC1=C(N)Nc2nc3ccccc3n2C1c1cccc(Cl)c1Cl. The zero-order chi connectivity index (χ0) is 16.8. The van der Waals surface area contributed by atoms with E-state index < -0.39 is 6.04 Å². The third-order valence-corrected chi connectivity index (χ3v) is 4.89. The Morgan fingerprint density at radius 1 is 1.17 bits per heavy atom. The molecule has 3 aromatic rings. The lowest BCUT2D eigenvalue weighted by molar-refractivity contribution is 0.681. The summed E-state index contributed by atoms with van der Waals surface area (Å²) in [5.74, 6) is 0.829. The number of nitriles is 1. The minimum absolute atomic E-state index is 0.265. The van der Waals surface area contributed by atoms with Gasteiger partial charge in [-0.25, -0.2) is 4.98 Å². The average Bonchev–Trinajstić information content (AvgIpc) is 2.94. The molecule has 0 saturated carbocycles. The van der Waals surface area contributed by atoms with Gasteiger partial charge in [0.15, 0.2) is 0 Å². The fourth-order valence-corrected chi connectivity index (χ4v) is 3.42. The van der Waals surface area contributed by atoms with Crippen LogP contribution in [0.25, 0.3) is 11.0 Å². The summed E-state index contributed by atoms with van der Waals surface area (Å²) < 4.78 is 1.92. The van der Waals surface area contributed by atoms with E-state index in [9.17, 15) is 5.26 Å². The highest BCUT2D eigenvalue weighted by Crippen LogP contribution is 2.41. The van der Waals surface area contributed by atoms with Crippen molar-refractivity contribution in [3.8, 4) is 6.07 Å². The number of fused-ring (bicyclic) bond motifs is 3. The van der Waals surface area contributed by atoms with Crippen LogP contribution in [-0.4, -0.2) is 9.55 Å². The summed E-state index contributed by atoms with van der Waals surface area (Å²) in [6.07, 6.45) is 0. The van der Waals surface area contributed by atoms with Crippen molar-refractivity contribution in [1.29, 1.82) is 5.26 Å². The highest BCUT2D eigenvalue weighted by molar-refractivity contribution is 6.42. The normalized spacial score (nSPS) is 16.6. The Labute approximate surface area is 147 Å². The summed E-state index contributed by atoms with van der Waals surface area (Å²) in [5, 5.41) is 13.5. The molecule has 1 atom stereocenters. The molecule has 0 spiro atoms. The van der Waals surface area contributed by atoms with Crippen molar-refractivity contribution < 1.29 is 0 Å². The molecule has 0 radical (unpaired) electrons. The van der Waals surface area contributed by atoms with Crippen molar-refractivity contribution >= 4 is 40.2 Å². The zero-order valence-corrected chi connectivity index (χ0v) is 13.8. The van der Waals surface area contributed by atoms with Crippen LogP contribution < -0.4 is 11.1 Å². The second-order valence-electron chi connectivity index (χ2n) is 5.40. The molecule has 2 aromatic carbocycles. The van der Waals surface area contributed by atoms with E-state index in [-0.39, 0.29) is 5.82 Å². The number of nitrogens with zero attached hydrogens (tertiary/aromatic N) is 3. The molecule has 0 bridgehead atoms. The standard InChI is InChI=1S/C17H11Cl2N5/c18-11-5-3-4-9(14(11)19)15-10(8-20)16(21)23-17-22-12-6-1-2-7-13(12)24(15)17/h1-7,15H,21H2,(H,22,23). The Morgan fingerprint density at radius 3 is 2.75 bits per heavy atom. The van der Waals surface area contributed by atoms with Gasteiger partial charge < -0.3 is 11.1 Å². The van der Waals surface area contributed by atoms with Gasteiger partial charge in [-0.2, -0.15) is 5.26 Å². The molecule has 0 aliphatic carbocycles. The van der Waals surface area contributed by atoms with Gasteiger partial charge in [-0.05, 0) is 18.2 Å². The first-order valence-corrected chi connectivity index (χ1v) is 7.95. The minimum Gasteiger partial charge on any atom is -0.384 e. The van der Waals surface area contributed by atoms with E-state index in [1.165, 1.54) is 0 Å². The first kappa shape index (κ1) is 14.9. The Kier molecular flexibility index (Phi) is 3.38. The maximum Gasteiger partial charge on any atom is 0.210 e. The number of para-hydroxylation sites is 2. The predicted octanol–water partition coefficient (Wildman–Crippen LogP) is 4.05. The summed E-state index contributed by atoms with van der Waals surface area (Å²) in [5.41, 5.74) is 8.81. The van der Waals surface area contributed by atoms with Crippen molar-refractivity contribution in [3.05, 3.63) is 69.5 Å². The number of nitrogens with two attached hydrogens (primary N) is 1. The number of allylic oxidation sites excluding steroid dienone is 1. The number of imidazole rings is 1. The number of benzene rings is 2. The van der Waals surface area contributed by atoms with Crippen LogP contribution in [0.3, 0.4) is 0 Å². The fraction of sp³-hybridized carbons (Fsp3) is 0.0588. The molecule has 0 amide bonds. The molecule has 4 rings (SSSR count). The quantitative estimate of drug-likeness (QED) is 0.689. The van der Waals surface area contributed by atoms with E-state index in [1.54, 1.807) is 12.1 Å². The maximum absolute atomic E-state index is 9.65. The van der Waals surface area contributed by atoms with Crippen molar-refractivity contribution in [2.75, 3.05) is 5.32 Å². The number of nitrogens with one attached hydrogen (secondary N) is 1. The number of hydrogen-bond donors (Lipinski definition) is 2. The second-order valence-corrected chi connectivity index (χ2v) is 6.19. The molecule has 5 nitrogen and oxygen atoms in total. The van der Waals surface area contributed by atoms with Crippen LogP contribution in [0, 0.1) is 11.3 Å². The number of hydrogen-bond acceptors (Lipinski definition) is 4. The average molecular weight is 356 g/mol. The zero-order valence-electron chi connectivity index (χ0n) is 12.3. The van der Waals surface area contributed by atoms with Gasteiger partial charge in [-0.15, -0.1) is 0 Å². The number of rotatable bonds is 1. The van der Waals surface area contributed by atoms with E-state index in [2.05, 4.69) is 16.4 Å². The second kappa shape index (κ2) is 5.45. The van der Waals surface area contributed by atoms with Gasteiger partial charge in [0.05, 0.1) is 26.7 Å². The number of halogens is 2. The van der Waals surface area contributed by atoms with Crippen molar-refractivity contribution in [3.63, 3.8) is 0 Å². The van der Waals surface area contributed by atoms with E-state index in [1.807, 2.05) is 34.9 Å². The van der Waals surface area contributed by atoms with E-state index in [4.69, 9.17) is 28.9 Å². The van der Waals surface area contributed by atoms with Crippen LogP contribution in [0.15, 0.2) is 53.9 Å². The summed E-state index contributed by atoms with van der Waals surface area (Å²) in [4.78, 5) is 4.55. The predicted molar refractivity (Wildman–Crippen MR) is 94.8 cm³/mol. The highest BCUT2D eigenvalue weighted by atomic mass is 35.5. The molecular formula is C17H11Cl2N5. The summed E-state index contributed by atoms with van der Waals surface area (Å²) in [6.45, 7) is 0. The number of anilines is 1. The molecule has 1 aliphatic heterocycles. The molecule has 1 aromatic heterocycles. The first-order valence-electron chi connectivity index (χ1n) is 7.19. The Hall–Kier alpha value is -2.68. The molecule has 2 heterocycles. The van der Waals surface area contributed by atoms with E-state index in [0.717, 1.165) is 11.0 Å². The van der Waals surface area contributed by atoms with Crippen LogP contribution in [0.2, 0.25) is 10.0 Å². The minimum atomic E-state index is -0.496. The Morgan fingerprint density at radius 2 is 1.96 bits per heavy atom. The number of aromatic nitrogens is 2.